The first kappa shape index (κ1) is 15.5. The fraction of sp³-hybridized carbons (Fsp3) is 0.750. The Morgan fingerprint density at radius 2 is 2.11 bits per heavy atom. The number of hydrogen-bond acceptors (Lipinski definition) is 2. The average molecular weight is 344 g/mol. The molecule has 1 N–H and O–H groups in total. The van der Waals surface area contributed by atoms with Crippen molar-refractivity contribution in [1.29, 1.82) is 0 Å². The van der Waals surface area contributed by atoms with Crippen molar-refractivity contribution in [2.45, 2.75) is 58.4 Å². The standard InChI is InChI=1S/C16H26BrNS/c1-3-8-18-16(10-15-9-14(17)11-19-15)13-6-4-12(2)5-7-13/h9,11-13,16,18H,3-8,10H2,1-2H3. The molecule has 3 heteroatoms. The lowest BCUT2D eigenvalue weighted by atomic mass is 9.78. The highest BCUT2D eigenvalue weighted by Crippen LogP contribution is 2.32. The maximum Gasteiger partial charge on any atom is 0.0285 e. The molecule has 1 aliphatic carbocycles. The van der Waals surface area contributed by atoms with Crippen LogP contribution in [0.5, 0.6) is 0 Å². The number of rotatable bonds is 6. The summed E-state index contributed by atoms with van der Waals surface area (Å²) in [4.78, 5) is 1.51. The average Bonchev–Trinajstić information content (AvgIpc) is 2.81. The Bertz CT molecular complexity index is 369. The largest absolute Gasteiger partial charge is 0.313 e. The van der Waals surface area contributed by atoms with Gasteiger partial charge in [0.15, 0.2) is 0 Å². The van der Waals surface area contributed by atoms with Crippen molar-refractivity contribution in [1.82, 2.24) is 5.32 Å². The summed E-state index contributed by atoms with van der Waals surface area (Å²) < 4.78 is 1.24. The first-order valence-corrected chi connectivity index (χ1v) is 9.32. The van der Waals surface area contributed by atoms with Crippen LogP contribution in [0.25, 0.3) is 0 Å². The van der Waals surface area contributed by atoms with Crippen molar-refractivity contribution < 1.29 is 0 Å². The van der Waals surface area contributed by atoms with Gasteiger partial charge in [0.2, 0.25) is 0 Å². The summed E-state index contributed by atoms with van der Waals surface area (Å²) in [5.41, 5.74) is 0. The van der Waals surface area contributed by atoms with E-state index in [0.29, 0.717) is 6.04 Å². The molecule has 0 spiro atoms. The Hall–Kier alpha value is 0.140. The van der Waals surface area contributed by atoms with E-state index >= 15 is 0 Å². The number of halogens is 1. The molecule has 19 heavy (non-hydrogen) atoms. The Kier molecular flexibility index (Phi) is 6.37. The van der Waals surface area contributed by atoms with E-state index in [1.165, 1.54) is 47.9 Å². The van der Waals surface area contributed by atoms with E-state index in [-0.39, 0.29) is 0 Å². The van der Waals surface area contributed by atoms with Gasteiger partial charge in [0, 0.05) is 20.8 Å². The van der Waals surface area contributed by atoms with Gasteiger partial charge < -0.3 is 5.32 Å². The van der Waals surface area contributed by atoms with Crippen LogP contribution in [0.15, 0.2) is 15.9 Å². The van der Waals surface area contributed by atoms with E-state index in [1.54, 1.807) is 0 Å². The molecule has 1 atom stereocenters. The van der Waals surface area contributed by atoms with Gasteiger partial charge in [0.05, 0.1) is 0 Å². The van der Waals surface area contributed by atoms with Gasteiger partial charge >= 0.3 is 0 Å². The van der Waals surface area contributed by atoms with Crippen molar-refractivity contribution in [3.63, 3.8) is 0 Å². The van der Waals surface area contributed by atoms with Gasteiger partial charge in [-0.15, -0.1) is 11.3 Å². The topological polar surface area (TPSA) is 12.0 Å². The smallest absolute Gasteiger partial charge is 0.0285 e. The molecule has 1 aliphatic rings. The lowest BCUT2D eigenvalue weighted by molar-refractivity contribution is 0.229. The van der Waals surface area contributed by atoms with Crippen LogP contribution < -0.4 is 5.32 Å². The molecule has 0 bridgehead atoms. The summed E-state index contributed by atoms with van der Waals surface area (Å²) in [6.07, 6.45) is 8.10. The Labute approximate surface area is 130 Å². The monoisotopic (exact) mass is 343 g/mol. The Morgan fingerprint density at radius 1 is 1.37 bits per heavy atom. The predicted octanol–water partition coefficient (Wildman–Crippen LogP) is 5.25. The van der Waals surface area contributed by atoms with Gasteiger partial charge in [-0.2, -0.15) is 0 Å². The summed E-state index contributed by atoms with van der Waals surface area (Å²) in [5, 5.41) is 6.01. The molecule has 1 nitrogen and oxygen atoms in total. The van der Waals surface area contributed by atoms with E-state index in [2.05, 4.69) is 46.5 Å². The Balaban J connectivity index is 1.94. The third-order valence-corrected chi connectivity index (χ3v) is 6.05. The quantitative estimate of drug-likeness (QED) is 0.743. The third-order valence-electron chi connectivity index (χ3n) is 4.33. The van der Waals surface area contributed by atoms with Crippen LogP contribution in [-0.4, -0.2) is 12.6 Å². The third kappa shape index (κ3) is 4.87. The minimum Gasteiger partial charge on any atom is -0.313 e. The van der Waals surface area contributed by atoms with Gasteiger partial charge in [-0.25, -0.2) is 0 Å². The normalized spacial score (nSPS) is 25.4. The minimum absolute atomic E-state index is 0.679. The minimum atomic E-state index is 0.679. The number of nitrogens with one attached hydrogen (secondary N) is 1. The molecular weight excluding hydrogens is 318 g/mol. The van der Waals surface area contributed by atoms with Crippen LogP contribution in [0, 0.1) is 11.8 Å². The highest BCUT2D eigenvalue weighted by Gasteiger charge is 2.26. The maximum absolute atomic E-state index is 3.80. The zero-order valence-electron chi connectivity index (χ0n) is 12.1. The van der Waals surface area contributed by atoms with Gasteiger partial charge in [-0.3, -0.25) is 0 Å². The molecule has 108 valence electrons. The van der Waals surface area contributed by atoms with Crippen LogP contribution in [0.4, 0.5) is 0 Å². The van der Waals surface area contributed by atoms with Crippen LogP contribution in [0.2, 0.25) is 0 Å². The molecule has 0 saturated heterocycles. The molecule has 1 aromatic heterocycles. The first-order valence-electron chi connectivity index (χ1n) is 7.65. The summed E-state index contributed by atoms with van der Waals surface area (Å²) >= 11 is 5.46. The van der Waals surface area contributed by atoms with Crippen LogP contribution in [-0.2, 0) is 6.42 Å². The highest BCUT2D eigenvalue weighted by molar-refractivity contribution is 9.10. The van der Waals surface area contributed by atoms with Crippen LogP contribution in [0.1, 0.15) is 50.8 Å². The van der Waals surface area contributed by atoms with E-state index in [4.69, 9.17) is 0 Å². The molecule has 0 aliphatic heterocycles. The summed E-state index contributed by atoms with van der Waals surface area (Å²) in [6.45, 7) is 5.82. The second-order valence-electron chi connectivity index (χ2n) is 6.02. The van der Waals surface area contributed by atoms with E-state index < -0.39 is 0 Å². The second-order valence-corrected chi connectivity index (χ2v) is 7.93. The van der Waals surface area contributed by atoms with E-state index in [0.717, 1.165) is 18.4 Å². The molecule has 1 unspecified atom stereocenters. The fourth-order valence-electron chi connectivity index (χ4n) is 3.10. The Morgan fingerprint density at radius 3 is 2.68 bits per heavy atom. The van der Waals surface area contributed by atoms with E-state index in [1.807, 2.05) is 11.3 Å². The molecule has 1 heterocycles. The van der Waals surface area contributed by atoms with Gasteiger partial charge in [0.25, 0.3) is 0 Å². The van der Waals surface area contributed by atoms with Crippen molar-refractivity contribution in [3.05, 3.63) is 20.8 Å². The molecule has 1 aromatic rings. The molecule has 0 aromatic carbocycles. The molecule has 1 fully saturated rings. The zero-order chi connectivity index (χ0) is 13.7. The van der Waals surface area contributed by atoms with Gasteiger partial charge in [-0.1, -0.05) is 26.7 Å². The van der Waals surface area contributed by atoms with Crippen molar-refractivity contribution in [3.8, 4) is 0 Å². The molecule has 1 saturated carbocycles. The summed E-state index contributed by atoms with van der Waals surface area (Å²) in [5.74, 6) is 1.82. The highest BCUT2D eigenvalue weighted by atomic mass is 79.9. The van der Waals surface area contributed by atoms with Gasteiger partial charge in [-0.05, 0) is 66.1 Å². The van der Waals surface area contributed by atoms with Crippen LogP contribution >= 0.6 is 27.3 Å². The van der Waals surface area contributed by atoms with Crippen molar-refractivity contribution in [2.75, 3.05) is 6.54 Å². The second kappa shape index (κ2) is 7.80. The maximum atomic E-state index is 3.80. The van der Waals surface area contributed by atoms with Crippen molar-refractivity contribution in [2.24, 2.45) is 11.8 Å². The lowest BCUT2D eigenvalue weighted by Gasteiger charge is -2.33. The summed E-state index contributed by atoms with van der Waals surface area (Å²) in [6, 6.07) is 2.97. The fourth-order valence-corrected chi connectivity index (χ4v) is 4.61. The molecule has 0 amide bonds. The number of thiophene rings is 1. The van der Waals surface area contributed by atoms with Crippen molar-refractivity contribution >= 4 is 27.3 Å². The number of hydrogen-bond donors (Lipinski definition) is 1. The van der Waals surface area contributed by atoms with E-state index in [9.17, 15) is 0 Å². The predicted molar refractivity (Wildman–Crippen MR) is 88.9 cm³/mol. The lowest BCUT2D eigenvalue weighted by Crippen LogP contribution is -2.40. The zero-order valence-corrected chi connectivity index (χ0v) is 14.5. The SMILES string of the molecule is CCCNC(Cc1cc(Br)cs1)C1CCC(C)CC1. The molecule has 0 radical (unpaired) electrons. The summed E-state index contributed by atoms with van der Waals surface area (Å²) in [7, 11) is 0. The molecular formula is C16H26BrNS. The first-order chi connectivity index (χ1) is 9.19. The van der Waals surface area contributed by atoms with Gasteiger partial charge in [0.1, 0.15) is 0 Å². The van der Waals surface area contributed by atoms with Crippen LogP contribution in [0.3, 0.4) is 0 Å². The molecule has 2 rings (SSSR count).